The number of fused-ring (bicyclic) bond motifs is 1. The predicted octanol–water partition coefficient (Wildman–Crippen LogP) is 4.57. The van der Waals surface area contributed by atoms with Crippen molar-refractivity contribution in [2.24, 2.45) is 0 Å². The lowest BCUT2D eigenvalue weighted by Crippen LogP contribution is -2.09. The second-order valence-corrected chi connectivity index (χ2v) is 6.35. The number of halogens is 1. The van der Waals surface area contributed by atoms with Gasteiger partial charge >= 0.3 is 0 Å². The smallest absolute Gasteiger partial charge is 0.267 e. The van der Waals surface area contributed by atoms with Crippen LogP contribution in [0.15, 0.2) is 29.6 Å². The summed E-state index contributed by atoms with van der Waals surface area (Å²) in [6.07, 6.45) is 0. The fourth-order valence-electron chi connectivity index (χ4n) is 1.72. The molecule has 0 atom stereocenters. The van der Waals surface area contributed by atoms with Crippen LogP contribution in [-0.4, -0.2) is 10.9 Å². The van der Waals surface area contributed by atoms with E-state index in [4.69, 9.17) is 11.6 Å². The molecule has 2 heterocycles. The normalized spacial score (nSPS) is 10.8. The number of carbonyl (C=O) groups excluding carboxylic acids is 1. The Morgan fingerprint density at radius 2 is 2.21 bits per heavy atom. The highest BCUT2D eigenvalue weighted by Crippen LogP contribution is 2.34. The maximum atomic E-state index is 12.0. The van der Waals surface area contributed by atoms with Gasteiger partial charge in [-0.15, -0.1) is 11.3 Å². The van der Waals surface area contributed by atoms with Crippen molar-refractivity contribution in [3.63, 3.8) is 0 Å². The lowest BCUT2D eigenvalue weighted by Gasteiger charge is -1.97. The van der Waals surface area contributed by atoms with E-state index >= 15 is 0 Å². The Hall–Kier alpha value is -1.43. The number of aromatic nitrogens is 1. The monoisotopic (exact) mass is 308 g/mol. The third kappa shape index (κ3) is 2.36. The van der Waals surface area contributed by atoms with Crippen molar-refractivity contribution in [1.82, 2.24) is 4.98 Å². The second kappa shape index (κ2) is 4.92. The summed E-state index contributed by atoms with van der Waals surface area (Å²) in [4.78, 5) is 17.1. The Labute approximate surface area is 122 Å². The van der Waals surface area contributed by atoms with Crippen LogP contribution in [0.25, 0.3) is 10.2 Å². The van der Waals surface area contributed by atoms with Crippen molar-refractivity contribution in [3.8, 4) is 0 Å². The third-order valence-corrected chi connectivity index (χ3v) is 4.96. The maximum absolute atomic E-state index is 12.0. The summed E-state index contributed by atoms with van der Waals surface area (Å²) in [5.74, 6) is -0.136. The number of hydrogen-bond acceptors (Lipinski definition) is 4. The number of thiazole rings is 1. The molecule has 0 fully saturated rings. The van der Waals surface area contributed by atoms with Gasteiger partial charge in [-0.25, -0.2) is 4.98 Å². The van der Waals surface area contributed by atoms with Crippen LogP contribution in [0.1, 0.15) is 15.2 Å². The van der Waals surface area contributed by atoms with Gasteiger partial charge in [0.25, 0.3) is 5.91 Å². The van der Waals surface area contributed by atoms with E-state index in [9.17, 15) is 4.79 Å². The van der Waals surface area contributed by atoms with Crippen molar-refractivity contribution in [1.29, 1.82) is 0 Å². The molecule has 6 heteroatoms. The Kier molecular flexibility index (Phi) is 3.26. The number of nitrogens with one attached hydrogen (secondary N) is 1. The molecule has 19 heavy (non-hydrogen) atoms. The topological polar surface area (TPSA) is 42.0 Å². The quantitative estimate of drug-likeness (QED) is 0.753. The first-order valence-electron chi connectivity index (χ1n) is 5.55. The van der Waals surface area contributed by atoms with Gasteiger partial charge in [-0.3, -0.25) is 10.1 Å². The van der Waals surface area contributed by atoms with E-state index in [-0.39, 0.29) is 5.91 Å². The van der Waals surface area contributed by atoms with Crippen LogP contribution in [-0.2, 0) is 0 Å². The van der Waals surface area contributed by atoms with E-state index in [0.717, 1.165) is 15.8 Å². The molecule has 1 aromatic carbocycles. The summed E-state index contributed by atoms with van der Waals surface area (Å²) in [7, 11) is 0. The first-order valence-corrected chi connectivity index (χ1v) is 7.63. The zero-order valence-electron chi connectivity index (χ0n) is 9.94. The zero-order chi connectivity index (χ0) is 13.4. The first kappa shape index (κ1) is 12.6. The van der Waals surface area contributed by atoms with E-state index in [1.165, 1.54) is 22.7 Å². The van der Waals surface area contributed by atoms with E-state index in [2.05, 4.69) is 10.3 Å². The van der Waals surface area contributed by atoms with Crippen molar-refractivity contribution in [2.75, 3.05) is 5.32 Å². The minimum absolute atomic E-state index is 0.136. The van der Waals surface area contributed by atoms with Gasteiger partial charge in [0.2, 0.25) is 0 Å². The molecule has 3 aromatic rings. The summed E-state index contributed by atoms with van der Waals surface area (Å²) in [6.45, 7) is 1.98. The average Bonchev–Trinajstić information content (AvgIpc) is 3.02. The van der Waals surface area contributed by atoms with Crippen LogP contribution >= 0.6 is 34.3 Å². The lowest BCUT2D eigenvalue weighted by atomic mass is 10.2. The van der Waals surface area contributed by atoms with Crippen molar-refractivity contribution < 1.29 is 4.79 Å². The Morgan fingerprint density at radius 3 is 2.89 bits per heavy atom. The average molecular weight is 309 g/mol. The molecule has 3 nitrogen and oxygen atoms in total. The minimum atomic E-state index is -0.136. The summed E-state index contributed by atoms with van der Waals surface area (Å²) in [5, 5.41) is 5.91. The van der Waals surface area contributed by atoms with Gasteiger partial charge in [0, 0.05) is 0 Å². The van der Waals surface area contributed by atoms with Crippen LogP contribution in [0, 0.1) is 6.92 Å². The number of anilines is 1. The number of nitrogens with zero attached hydrogens (tertiary/aromatic N) is 1. The molecule has 0 aliphatic rings. The van der Waals surface area contributed by atoms with Crippen LogP contribution < -0.4 is 5.32 Å². The zero-order valence-corrected chi connectivity index (χ0v) is 12.3. The fourth-order valence-corrected chi connectivity index (χ4v) is 3.55. The highest BCUT2D eigenvalue weighted by molar-refractivity contribution is 7.23. The van der Waals surface area contributed by atoms with Gasteiger partial charge in [-0.1, -0.05) is 35.1 Å². The van der Waals surface area contributed by atoms with E-state index < -0.39 is 0 Å². The van der Waals surface area contributed by atoms with Crippen molar-refractivity contribution >= 4 is 55.5 Å². The standard InChI is InChI=1S/C13H9ClN2OS2/c1-7-4-5-8(14)11-10(7)15-13(19-11)16-12(17)9-3-2-6-18-9/h2-6H,1H3,(H,15,16,17). The Morgan fingerprint density at radius 1 is 1.37 bits per heavy atom. The van der Waals surface area contributed by atoms with Gasteiger partial charge in [0.1, 0.15) is 0 Å². The van der Waals surface area contributed by atoms with Crippen LogP contribution in [0.2, 0.25) is 5.02 Å². The summed E-state index contributed by atoms with van der Waals surface area (Å²) in [6, 6.07) is 7.40. The molecule has 0 unspecified atom stereocenters. The summed E-state index contributed by atoms with van der Waals surface area (Å²) >= 11 is 8.93. The van der Waals surface area contributed by atoms with Crippen LogP contribution in [0.4, 0.5) is 5.13 Å². The molecule has 0 saturated heterocycles. The largest absolute Gasteiger partial charge is 0.297 e. The molecule has 0 spiro atoms. The molecule has 0 radical (unpaired) electrons. The number of amides is 1. The Balaban J connectivity index is 1.96. The third-order valence-electron chi connectivity index (χ3n) is 2.66. The van der Waals surface area contributed by atoms with Gasteiger partial charge in [0.15, 0.2) is 5.13 Å². The summed E-state index contributed by atoms with van der Waals surface area (Å²) < 4.78 is 0.906. The first-order chi connectivity index (χ1) is 9.15. The summed E-state index contributed by atoms with van der Waals surface area (Å²) in [5.41, 5.74) is 1.89. The molecule has 0 aliphatic heterocycles. The van der Waals surface area contributed by atoms with E-state index in [0.29, 0.717) is 15.0 Å². The number of thiophene rings is 1. The number of hydrogen-bond donors (Lipinski definition) is 1. The molecule has 0 saturated carbocycles. The number of rotatable bonds is 2. The number of aryl methyl sites for hydroxylation is 1. The van der Waals surface area contributed by atoms with Crippen LogP contribution in [0.3, 0.4) is 0 Å². The number of benzene rings is 1. The van der Waals surface area contributed by atoms with Gasteiger partial charge < -0.3 is 0 Å². The Bertz CT molecular complexity index is 710. The number of carbonyl (C=O) groups is 1. The predicted molar refractivity (Wildman–Crippen MR) is 81.6 cm³/mol. The molecule has 1 amide bonds. The van der Waals surface area contributed by atoms with Gasteiger partial charge in [-0.2, -0.15) is 0 Å². The molecular weight excluding hydrogens is 300 g/mol. The van der Waals surface area contributed by atoms with Crippen LogP contribution in [0.5, 0.6) is 0 Å². The van der Waals surface area contributed by atoms with E-state index in [1.54, 1.807) is 6.07 Å². The van der Waals surface area contributed by atoms with Gasteiger partial charge in [-0.05, 0) is 30.0 Å². The molecule has 3 rings (SSSR count). The molecule has 0 bridgehead atoms. The fraction of sp³-hybridized carbons (Fsp3) is 0.0769. The second-order valence-electron chi connectivity index (χ2n) is 3.99. The lowest BCUT2D eigenvalue weighted by molar-refractivity contribution is 0.103. The molecule has 96 valence electrons. The molecule has 0 aliphatic carbocycles. The SMILES string of the molecule is Cc1ccc(Cl)c2sc(NC(=O)c3cccs3)nc12. The molecular formula is C13H9ClN2OS2. The van der Waals surface area contributed by atoms with Gasteiger partial charge in [0.05, 0.1) is 20.1 Å². The maximum Gasteiger partial charge on any atom is 0.267 e. The highest BCUT2D eigenvalue weighted by Gasteiger charge is 2.13. The van der Waals surface area contributed by atoms with E-state index in [1.807, 2.05) is 30.5 Å². The minimum Gasteiger partial charge on any atom is -0.297 e. The molecule has 1 N–H and O–H groups in total. The highest BCUT2D eigenvalue weighted by atomic mass is 35.5. The molecule has 2 aromatic heterocycles. The van der Waals surface area contributed by atoms with Crippen molar-refractivity contribution in [3.05, 3.63) is 45.1 Å². The van der Waals surface area contributed by atoms with Crippen molar-refractivity contribution in [2.45, 2.75) is 6.92 Å².